The SMILES string of the molecule is [O-][N+]1=c2ccccc2=NC(O)(OCC2CO2)N1. The summed E-state index contributed by atoms with van der Waals surface area (Å²) in [5.41, 5.74) is 2.22. The molecule has 7 heteroatoms. The monoisotopic (exact) mass is 237 g/mol. The second-order valence-corrected chi connectivity index (χ2v) is 3.88. The maximum absolute atomic E-state index is 11.6. The molecule has 0 amide bonds. The Hall–Kier alpha value is -1.70. The summed E-state index contributed by atoms with van der Waals surface area (Å²) in [6.45, 7) is 0.788. The fourth-order valence-corrected chi connectivity index (χ4v) is 1.55. The number of epoxide rings is 1. The van der Waals surface area contributed by atoms with Crippen LogP contribution in [0.3, 0.4) is 0 Å². The van der Waals surface area contributed by atoms with Gasteiger partial charge in [-0.1, -0.05) is 17.0 Å². The van der Waals surface area contributed by atoms with Crippen LogP contribution in [0.25, 0.3) is 0 Å². The van der Waals surface area contributed by atoms with Gasteiger partial charge in [-0.25, -0.2) is 0 Å². The highest BCUT2D eigenvalue weighted by Crippen LogP contribution is 2.13. The molecule has 17 heavy (non-hydrogen) atoms. The molecule has 0 spiro atoms. The van der Waals surface area contributed by atoms with E-state index in [0.717, 1.165) is 0 Å². The smallest absolute Gasteiger partial charge is 0.404 e. The van der Waals surface area contributed by atoms with Crippen molar-refractivity contribution in [1.82, 2.24) is 10.3 Å². The third-order valence-electron chi connectivity index (χ3n) is 2.49. The molecular weight excluding hydrogens is 226 g/mol. The number of para-hydroxylation sites is 2. The molecule has 0 radical (unpaired) electrons. The first-order valence-corrected chi connectivity index (χ1v) is 5.21. The standard InChI is InChI=1S/C10H11N3O4/c14-10(17-6-7-5-16-7)11-8-3-1-2-4-9(8)13(15)12-10/h1-4,7,12,14H,5-6H2. The molecule has 0 aromatic heterocycles. The second-order valence-electron chi connectivity index (χ2n) is 3.88. The zero-order chi connectivity index (χ0) is 11.9. The van der Waals surface area contributed by atoms with E-state index in [0.29, 0.717) is 22.2 Å². The zero-order valence-corrected chi connectivity index (χ0v) is 8.87. The van der Waals surface area contributed by atoms with Crippen molar-refractivity contribution in [3.63, 3.8) is 0 Å². The predicted molar refractivity (Wildman–Crippen MR) is 55.6 cm³/mol. The quantitative estimate of drug-likeness (QED) is 0.270. The summed E-state index contributed by atoms with van der Waals surface area (Å²) in [5, 5.41) is 22.3. The van der Waals surface area contributed by atoms with Crippen molar-refractivity contribution < 1.29 is 14.6 Å². The first-order valence-electron chi connectivity index (χ1n) is 5.21. The molecular formula is C10H11N3O4. The predicted octanol–water partition coefficient (Wildman–Crippen LogP) is -2.17. The summed E-state index contributed by atoms with van der Waals surface area (Å²) in [7, 11) is 0. The number of ether oxygens (including phenoxy) is 2. The normalized spacial score (nSPS) is 30.2. The van der Waals surface area contributed by atoms with Crippen LogP contribution in [-0.4, -0.2) is 30.5 Å². The number of nitrogens with one attached hydrogen (secondary N) is 1. The lowest BCUT2D eigenvalue weighted by atomic mass is 10.3. The number of hydrogen-bond acceptors (Lipinski definition) is 6. The Balaban J connectivity index is 1.93. The van der Waals surface area contributed by atoms with Crippen LogP contribution in [0.15, 0.2) is 29.3 Å². The maximum Gasteiger partial charge on any atom is 0.404 e. The Morgan fingerprint density at radius 1 is 1.65 bits per heavy atom. The van der Waals surface area contributed by atoms with Crippen molar-refractivity contribution in [2.75, 3.05) is 13.2 Å². The van der Waals surface area contributed by atoms with E-state index in [2.05, 4.69) is 10.4 Å². The molecule has 0 saturated carbocycles. The molecule has 2 unspecified atom stereocenters. The van der Waals surface area contributed by atoms with Crippen LogP contribution in [0.2, 0.25) is 0 Å². The summed E-state index contributed by atoms with van der Waals surface area (Å²) in [6.07, 6.45) is -0.0201. The lowest BCUT2D eigenvalue weighted by molar-refractivity contribution is -0.234. The molecule has 1 fully saturated rings. The van der Waals surface area contributed by atoms with Gasteiger partial charge in [-0.05, 0) is 6.07 Å². The molecule has 1 aromatic carbocycles. The van der Waals surface area contributed by atoms with Gasteiger partial charge in [0.05, 0.1) is 13.2 Å². The molecule has 2 N–H and O–H groups in total. The van der Waals surface area contributed by atoms with Gasteiger partial charge in [-0.15, -0.1) is 5.43 Å². The Labute approximate surface area is 96.2 Å². The summed E-state index contributed by atoms with van der Waals surface area (Å²) in [6, 6.07) is 4.64. The topological polar surface area (TPSA) is 92.5 Å². The van der Waals surface area contributed by atoms with Crippen LogP contribution in [0.4, 0.5) is 0 Å². The van der Waals surface area contributed by atoms with E-state index in [1.165, 1.54) is 0 Å². The van der Waals surface area contributed by atoms with Gasteiger partial charge in [0.15, 0.2) is 0 Å². The molecule has 7 nitrogen and oxygen atoms in total. The molecule has 0 bridgehead atoms. The van der Waals surface area contributed by atoms with Crippen molar-refractivity contribution in [3.8, 4) is 0 Å². The number of hydrogen-bond donors (Lipinski definition) is 2. The summed E-state index contributed by atoms with van der Waals surface area (Å²) < 4.78 is 10.1. The molecule has 0 aliphatic carbocycles. The average molecular weight is 237 g/mol. The third kappa shape index (κ3) is 2.07. The number of hydrazine groups is 1. The van der Waals surface area contributed by atoms with Gasteiger partial charge in [0, 0.05) is 6.07 Å². The molecule has 1 aromatic rings. The Bertz CT molecular complexity index is 557. The first kappa shape index (κ1) is 10.5. The molecule has 2 aliphatic heterocycles. The molecule has 2 aliphatic rings. The minimum atomic E-state index is -2.03. The number of fused-ring (bicyclic) bond motifs is 1. The Morgan fingerprint density at radius 3 is 3.18 bits per heavy atom. The van der Waals surface area contributed by atoms with Gasteiger partial charge >= 0.3 is 6.03 Å². The maximum atomic E-state index is 11.6. The van der Waals surface area contributed by atoms with Crippen LogP contribution in [-0.2, 0) is 9.47 Å². The average Bonchev–Trinajstić information content (AvgIpc) is 3.10. The van der Waals surface area contributed by atoms with E-state index in [4.69, 9.17) is 9.47 Å². The highest BCUT2D eigenvalue weighted by molar-refractivity contribution is 5.03. The van der Waals surface area contributed by atoms with Crippen molar-refractivity contribution in [2.24, 2.45) is 4.99 Å². The van der Waals surface area contributed by atoms with Crippen LogP contribution in [0.1, 0.15) is 0 Å². The van der Waals surface area contributed by atoms with Crippen LogP contribution >= 0.6 is 0 Å². The van der Waals surface area contributed by atoms with E-state index in [-0.39, 0.29) is 12.7 Å². The summed E-state index contributed by atoms with van der Waals surface area (Å²) in [5.74, 6) is 0. The summed E-state index contributed by atoms with van der Waals surface area (Å²) >= 11 is 0. The Kier molecular flexibility index (Phi) is 2.25. The fraction of sp³-hybridized carbons (Fsp3) is 0.400. The summed E-state index contributed by atoms with van der Waals surface area (Å²) in [4.78, 5) is 4.39. The van der Waals surface area contributed by atoms with E-state index >= 15 is 0 Å². The number of aliphatic hydroxyl groups is 1. The highest BCUT2D eigenvalue weighted by atomic mass is 16.7. The third-order valence-corrected chi connectivity index (χ3v) is 2.49. The van der Waals surface area contributed by atoms with Crippen LogP contribution in [0.5, 0.6) is 0 Å². The Morgan fingerprint density at radius 2 is 2.41 bits per heavy atom. The molecule has 2 heterocycles. The van der Waals surface area contributed by atoms with E-state index < -0.39 is 6.03 Å². The minimum absolute atomic E-state index is 0.0201. The van der Waals surface area contributed by atoms with Crippen molar-refractivity contribution in [1.29, 1.82) is 0 Å². The lowest BCUT2D eigenvalue weighted by Gasteiger charge is -2.24. The van der Waals surface area contributed by atoms with Gasteiger partial charge in [0.2, 0.25) is 0 Å². The van der Waals surface area contributed by atoms with E-state index in [1.54, 1.807) is 24.3 Å². The molecule has 1 saturated heterocycles. The molecule has 3 rings (SSSR count). The van der Waals surface area contributed by atoms with Crippen LogP contribution in [0, 0.1) is 5.21 Å². The number of nitrogens with zero attached hydrogens (tertiary/aromatic N) is 2. The molecule has 90 valence electrons. The lowest BCUT2D eigenvalue weighted by Crippen LogP contribution is -2.61. The van der Waals surface area contributed by atoms with Crippen LogP contribution < -0.4 is 21.0 Å². The zero-order valence-electron chi connectivity index (χ0n) is 8.87. The largest absolute Gasteiger partial charge is 0.596 e. The fourth-order valence-electron chi connectivity index (χ4n) is 1.55. The van der Waals surface area contributed by atoms with Gasteiger partial charge < -0.3 is 19.8 Å². The van der Waals surface area contributed by atoms with E-state index in [9.17, 15) is 10.3 Å². The van der Waals surface area contributed by atoms with Gasteiger partial charge in [-0.2, -0.15) is 4.99 Å². The highest BCUT2D eigenvalue weighted by Gasteiger charge is 2.37. The number of rotatable bonds is 3. The number of benzene rings is 1. The van der Waals surface area contributed by atoms with Crippen molar-refractivity contribution in [3.05, 3.63) is 40.2 Å². The minimum Gasteiger partial charge on any atom is -0.596 e. The van der Waals surface area contributed by atoms with Gasteiger partial charge in [0.1, 0.15) is 11.5 Å². The van der Waals surface area contributed by atoms with Crippen molar-refractivity contribution in [2.45, 2.75) is 12.1 Å². The molecule has 2 atom stereocenters. The van der Waals surface area contributed by atoms with Gasteiger partial charge in [-0.3, -0.25) is 0 Å². The first-order chi connectivity index (χ1) is 8.16. The van der Waals surface area contributed by atoms with Gasteiger partial charge in [0.25, 0.3) is 5.36 Å². The van der Waals surface area contributed by atoms with E-state index in [1.807, 2.05) is 0 Å². The van der Waals surface area contributed by atoms with Crippen molar-refractivity contribution >= 4 is 0 Å². The second kappa shape index (κ2) is 3.66.